The number of halogens is 4. The Balaban J connectivity index is 1.72. The molecule has 0 amide bonds. The van der Waals surface area contributed by atoms with Crippen LogP contribution in [0.2, 0.25) is 5.02 Å². The van der Waals surface area contributed by atoms with E-state index >= 15 is 0 Å². The van der Waals surface area contributed by atoms with Gasteiger partial charge in [-0.1, -0.05) is 30.7 Å². The van der Waals surface area contributed by atoms with Crippen molar-refractivity contribution in [2.24, 2.45) is 0 Å². The Morgan fingerprint density at radius 2 is 1.92 bits per heavy atom. The fourth-order valence-electron chi connectivity index (χ4n) is 2.52. The molecule has 0 saturated heterocycles. The fourth-order valence-corrected chi connectivity index (χ4v) is 4.35. The molecule has 0 fully saturated rings. The molecule has 1 aromatic carbocycles. The van der Waals surface area contributed by atoms with Crippen molar-refractivity contribution >= 4 is 44.9 Å². The summed E-state index contributed by atoms with van der Waals surface area (Å²) in [6.45, 7) is 2.06. The average Bonchev–Trinajstić information content (AvgIpc) is 2.95. The van der Waals surface area contributed by atoms with Gasteiger partial charge in [-0.2, -0.15) is 13.2 Å². The van der Waals surface area contributed by atoms with Crippen molar-refractivity contribution in [3.63, 3.8) is 0 Å². The topological polar surface area (TPSA) is 25.8 Å². The number of aromatic nitrogens is 2. The molecule has 2 aromatic heterocycles. The van der Waals surface area contributed by atoms with Crippen molar-refractivity contribution in [3.05, 3.63) is 52.3 Å². The largest absolute Gasteiger partial charge is 0.398 e. The van der Waals surface area contributed by atoms with Crippen molar-refractivity contribution in [2.75, 3.05) is 5.75 Å². The Labute approximate surface area is 156 Å². The summed E-state index contributed by atoms with van der Waals surface area (Å²) < 4.78 is 36.8. The van der Waals surface area contributed by atoms with Crippen molar-refractivity contribution in [3.8, 4) is 0 Å². The van der Waals surface area contributed by atoms with Crippen molar-refractivity contribution < 1.29 is 13.2 Å². The molecule has 0 radical (unpaired) electrons. The summed E-state index contributed by atoms with van der Waals surface area (Å²) in [5, 5.41) is 3.39. The molecule has 0 spiro atoms. The maximum absolute atomic E-state index is 12.3. The maximum atomic E-state index is 12.3. The monoisotopic (exact) mass is 402 g/mol. The number of benzene rings is 1. The SMILES string of the molecule is CC(Cc1ncnc2scc(Cl)c12)c1ccc(SCC(F)(F)F)cc1. The van der Waals surface area contributed by atoms with E-state index in [1.54, 1.807) is 12.1 Å². The Bertz CT molecular complexity index is 862. The lowest BCUT2D eigenvalue weighted by Crippen LogP contribution is -2.10. The number of fused-ring (bicyclic) bond motifs is 1. The molecule has 0 N–H and O–H groups in total. The lowest BCUT2D eigenvalue weighted by Gasteiger charge is -2.13. The molecular formula is C17H14ClF3N2S2. The van der Waals surface area contributed by atoms with E-state index in [0.29, 0.717) is 16.3 Å². The molecule has 25 heavy (non-hydrogen) atoms. The van der Waals surface area contributed by atoms with E-state index < -0.39 is 11.9 Å². The van der Waals surface area contributed by atoms with Crippen LogP contribution in [0.25, 0.3) is 10.2 Å². The zero-order valence-corrected chi connectivity index (χ0v) is 15.6. The third-order valence-electron chi connectivity index (χ3n) is 3.76. The van der Waals surface area contributed by atoms with E-state index in [2.05, 4.69) is 16.9 Å². The molecule has 1 atom stereocenters. The first-order valence-electron chi connectivity index (χ1n) is 7.49. The summed E-state index contributed by atoms with van der Waals surface area (Å²) in [7, 11) is 0. The standard InChI is InChI=1S/C17H14ClF3N2S2/c1-10(6-14-15-13(18)7-24-16(15)23-9-22-14)11-2-4-12(5-3-11)25-8-17(19,20)21/h2-5,7,9-10H,6,8H2,1H3. The van der Waals surface area contributed by atoms with Crippen LogP contribution in [0.5, 0.6) is 0 Å². The molecule has 0 aliphatic rings. The molecule has 132 valence electrons. The highest BCUT2D eigenvalue weighted by Crippen LogP contribution is 2.33. The Morgan fingerprint density at radius 1 is 1.20 bits per heavy atom. The normalized spacial score (nSPS) is 13.3. The second-order valence-corrected chi connectivity index (χ2v) is 7.98. The minimum Gasteiger partial charge on any atom is -0.241 e. The van der Waals surface area contributed by atoms with Crippen LogP contribution < -0.4 is 0 Å². The number of thioether (sulfide) groups is 1. The van der Waals surface area contributed by atoms with Gasteiger partial charge in [-0.15, -0.1) is 23.1 Å². The minimum atomic E-state index is -4.16. The van der Waals surface area contributed by atoms with Crippen LogP contribution in [0.3, 0.4) is 0 Å². The lowest BCUT2D eigenvalue weighted by atomic mass is 9.95. The summed E-state index contributed by atoms with van der Waals surface area (Å²) >= 11 is 8.51. The van der Waals surface area contributed by atoms with Gasteiger partial charge in [-0.3, -0.25) is 0 Å². The van der Waals surface area contributed by atoms with E-state index in [1.165, 1.54) is 17.7 Å². The predicted molar refractivity (Wildman–Crippen MR) is 97.8 cm³/mol. The van der Waals surface area contributed by atoms with Crippen LogP contribution in [-0.4, -0.2) is 21.9 Å². The number of thiophene rings is 1. The average molecular weight is 403 g/mol. The summed E-state index contributed by atoms with van der Waals surface area (Å²) in [5.74, 6) is -0.715. The summed E-state index contributed by atoms with van der Waals surface area (Å²) in [6.07, 6.45) is -1.94. The molecule has 2 nitrogen and oxygen atoms in total. The number of rotatable bonds is 5. The third kappa shape index (κ3) is 4.65. The molecule has 0 aliphatic carbocycles. The number of hydrogen-bond acceptors (Lipinski definition) is 4. The first kappa shape index (κ1) is 18.5. The zero-order valence-electron chi connectivity index (χ0n) is 13.2. The van der Waals surface area contributed by atoms with Gasteiger partial charge >= 0.3 is 6.18 Å². The van der Waals surface area contributed by atoms with Crippen LogP contribution in [0.15, 0.2) is 40.9 Å². The Morgan fingerprint density at radius 3 is 2.60 bits per heavy atom. The molecule has 0 aliphatic heterocycles. The second kappa shape index (κ2) is 7.51. The van der Waals surface area contributed by atoms with E-state index in [4.69, 9.17) is 11.6 Å². The van der Waals surface area contributed by atoms with Crippen LogP contribution in [-0.2, 0) is 6.42 Å². The second-order valence-electron chi connectivity index (χ2n) is 5.66. The van der Waals surface area contributed by atoms with Crippen molar-refractivity contribution in [2.45, 2.75) is 30.3 Å². The lowest BCUT2D eigenvalue weighted by molar-refractivity contribution is -0.105. The van der Waals surface area contributed by atoms with Gasteiger partial charge < -0.3 is 0 Å². The van der Waals surface area contributed by atoms with Crippen LogP contribution >= 0.6 is 34.7 Å². The van der Waals surface area contributed by atoms with Crippen molar-refractivity contribution in [1.82, 2.24) is 9.97 Å². The highest BCUT2D eigenvalue weighted by atomic mass is 35.5. The highest BCUT2D eigenvalue weighted by molar-refractivity contribution is 7.99. The zero-order chi connectivity index (χ0) is 18.0. The fraction of sp³-hybridized carbons (Fsp3) is 0.294. The molecular weight excluding hydrogens is 389 g/mol. The molecule has 3 rings (SSSR count). The summed E-state index contributed by atoms with van der Waals surface area (Å²) in [6, 6.07) is 7.21. The number of hydrogen-bond donors (Lipinski definition) is 0. The smallest absolute Gasteiger partial charge is 0.241 e. The van der Waals surface area contributed by atoms with E-state index in [9.17, 15) is 13.2 Å². The van der Waals surface area contributed by atoms with Crippen LogP contribution in [0.1, 0.15) is 24.1 Å². The Hall–Kier alpha value is -1.31. The molecule has 3 aromatic rings. The first-order valence-corrected chi connectivity index (χ1v) is 9.74. The maximum Gasteiger partial charge on any atom is 0.398 e. The van der Waals surface area contributed by atoms with Gasteiger partial charge in [-0.05, 0) is 30.0 Å². The molecule has 2 heterocycles. The quantitative estimate of drug-likeness (QED) is 0.465. The van der Waals surface area contributed by atoms with Gasteiger partial charge in [0.2, 0.25) is 0 Å². The van der Waals surface area contributed by atoms with Crippen LogP contribution in [0, 0.1) is 0 Å². The van der Waals surface area contributed by atoms with E-state index in [0.717, 1.165) is 33.2 Å². The summed E-state index contributed by atoms with van der Waals surface area (Å²) in [5.41, 5.74) is 1.94. The molecule has 1 unspecified atom stereocenters. The van der Waals surface area contributed by atoms with E-state index in [-0.39, 0.29) is 5.92 Å². The van der Waals surface area contributed by atoms with Gasteiger partial charge in [-0.25, -0.2) is 9.97 Å². The van der Waals surface area contributed by atoms with Gasteiger partial charge in [0, 0.05) is 10.3 Å². The summed E-state index contributed by atoms with van der Waals surface area (Å²) in [4.78, 5) is 10.1. The highest BCUT2D eigenvalue weighted by Gasteiger charge is 2.27. The van der Waals surface area contributed by atoms with Gasteiger partial charge in [0.15, 0.2) is 0 Å². The number of alkyl halides is 3. The molecule has 0 saturated carbocycles. The number of nitrogens with zero attached hydrogens (tertiary/aromatic N) is 2. The predicted octanol–water partition coefficient (Wildman–Crippen LogP) is 6.35. The molecule has 0 bridgehead atoms. The Kier molecular flexibility index (Phi) is 5.55. The third-order valence-corrected chi connectivity index (χ3v) is 6.15. The van der Waals surface area contributed by atoms with Crippen LogP contribution in [0.4, 0.5) is 13.2 Å². The minimum absolute atomic E-state index is 0.163. The first-order chi connectivity index (χ1) is 11.8. The van der Waals surface area contributed by atoms with Gasteiger partial charge in [0.25, 0.3) is 0 Å². The van der Waals surface area contributed by atoms with E-state index in [1.807, 2.05) is 17.5 Å². The van der Waals surface area contributed by atoms with Crippen molar-refractivity contribution in [1.29, 1.82) is 0 Å². The van der Waals surface area contributed by atoms with Gasteiger partial charge in [0.05, 0.1) is 21.9 Å². The molecule has 8 heteroatoms. The van der Waals surface area contributed by atoms with Gasteiger partial charge in [0.1, 0.15) is 11.2 Å².